The maximum absolute atomic E-state index is 13.5. The van der Waals surface area contributed by atoms with Gasteiger partial charge in [-0.1, -0.05) is 0 Å². The van der Waals surface area contributed by atoms with Crippen LogP contribution in [0.15, 0.2) is 18.2 Å². The van der Waals surface area contributed by atoms with Crippen LogP contribution in [0.25, 0.3) is 0 Å². The summed E-state index contributed by atoms with van der Waals surface area (Å²) in [6, 6.07) is 5.57. The molecule has 0 saturated heterocycles. The van der Waals surface area contributed by atoms with Gasteiger partial charge in [0.25, 0.3) is 0 Å². The zero-order chi connectivity index (χ0) is 12.3. The molecule has 0 spiro atoms. The lowest BCUT2D eigenvalue weighted by molar-refractivity contribution is 0.301. The van der Waals surface area contributed by atoms with Gasteiger partial charge in [0.05, 0.1) is 6.61 Å². The Morgan fingerprint density at radius 3 is 2.76 bits per heavy atom. The van der Waals surface area contributed by atoms with Crippen molar-refractivity contribution < 1.29 is 9.50 Å². The van der Waals surface area contributed by atoms with Crippen LogP contribution in [-0.2, 0) is 6.54 Å². The summed E-state index contributed by atoms with van der Waals surface area (Å²) in [6.07, 6.45) is 2.27. The van der Waals surface area contributed by atoms with E-state index in [2.05, 4.69) is 10.2 Å². The lowest BCUT2D eigenvalue weighted by atomic mass is 10.1. The van der Waals surface area contributed by atoms with E-state index in [0.717, 1.165) is 24.1 Å². The van der Waals surface area contributed by atoms with Gasteiger partial charge in [-0.25, -0.2) is 4.39 Å². The molecule has 4 heteroatoms. The Hall–Kier alpha value is -1.13. The highest BCUT2D eigenvalue weighted by atomic mass is 19.1. The molecular weight excluding hydrogens is 219 g/mol. The first kappa shape index (κ1) is 12.3. The normalized spacial score (nSPS) is 15.0. The number of aliphatic hydroxyl groups excluding tert-OH is 1. The second-order valence-corrected chi connectivity index (χ2v) is 4.50. The average molecular weight is 238 g/mol. The summed E-state index contributed by atoms with van der Waals surface area (Å²) in [6.45, 7) is 1.34. The monoisotopic (exact) mass is 238 g/mol. The summed E-state index contributed by atoms with van der Waals surface area (Å²) in [7, 11) is 1.84. The fourth-order valence-electron chi connectivity index (χ4n) is 2.12. The zero-order valence-corrected chi connectivity index (χ0v) is 10.1. The number of hydrogen-bond donors (Lipinski definition) is 2. The average Bonchev–Trinajstić information content (AvgIpc) is 3.09. The summed E-state index contributed by atoms with van der Waals surface area (Å²) in [4.78, 5) is 2.10. The molecule has 2 rings (SSSR count). The first-order chi connectivity index (χ1) is 8.24. The maximum atomic E-state index is 13.5. The molecule has 1 aromatic carbocycles. The zero-order valence-electron chi connectivity index (χ0n) is 10.1. The summed E-state index contributed by atoms with van der Waals surface area (Å²) in [5.41, 5.74) is 1.82. The third kappa shape index (κ3) is 3.17. The van der Waals surface area contributed by atoms with Gasteiger partial charge in [-0.2, -0.15) is 0 Å². The van der Waals surface area contributed by atoms with E-state index in [4.69, 9.17) is 5.11 Å². The summed E-state index contributed by atoms with van der Waals surface area (Å²) in [5.74, 6) is -0.212. The second kappa shape index (κ2) is 5.47. The van der Waals surface area contributed by atoms with Gasteiger partial charge in [0.2, 0.25) is 0 Å². The minimum atomic E-state index is -0.212. The number of nitrogens with one attached hydrogen (secondary N) is 1. The van der Waals surface area contributed by atoms with Crippen LogP contribution in [0.5, 0.6) is 0 Å². The molecule has 1 saturated carbocycles. The molecule has 0 radical (unpaired) electrons. The molecule has 1 aliphatic rings. The lowest BCUT2D eigenvalue weighted by Crippen LogP contribution is -2.29. The number of rotatable bonds is 6. The van der Waals surface area contributed by atoms with E-state index in [1.54, 1.807) is 12.1 Å². The van der Waals surface area contributed by atoms with Crippen molar-refractivity contribution in [3.8, 4) is 0 Å². The molecule has 0 heterocycles. The van der Waals surface area contributed by atoms with E-state index in [0.29, 0.717) is 19.1 Å². The number of anilines is 1. The van der Waals surface area contributed by atoms with Crippen LogP contribution >= 0.6 is 0 Å². The minimum Gasteiger partial charge on any atom is -0.395 e. The molecule has 17 heavy (non-hydrogen) atoms. The maximum Gasteiger partial charge on any atom is 0.125 e. The van der Waals surface area contributed by atoms with Crippen molar-refractivity contribution in [2.45, 2.75) is 25.4 Å². The van der Waals surface area contributed by atoms with Crippen LogP contribution in [0.1, 0.15) is 18.4 Å². The summed E-state index contributed by atoms with van der Waals surface area (Å²) >= 11 is 0. The van der Waals surface area contributed by atoms with Crippen molar-refractivity contribution >= 4 is 5.69 Å². The van der Waals surface area contributed by atoms with E-state index in [1.807, 2.05) is 13.1 Å². The highest BCUT2D eigenvalue weighted by molar-refractivity contribution is 5.51. The van der Waals surface area contributed by atoms with Crippen molar-refractivity contribution in [3.05, 3.63) is 29.6 Å². The molecule has 1 aromatic rings. The van der Waals surface area contributed by atoms with Gasteiger partial charge in [0.1, 0.15) is 5.82 Å². The van der Waals surface area contributed by atoms with E-state index in [9.17, 15) is 4.39 Å². The Morgan fingerprint density at radius 1 is 1.41 bits per heavy atom. The van der Waals surface area contributed by atoms with Gasteiger partial charge in [-0.3, -0.25) is 0 Å². The molecule has 0 aliphatic heterocycles. The van der Waals surface area contributed by atoms with Crippen LogP contribution in [0, 0.1) is 5.82 Å². The summed E-state index contributed by atoms with van der Waals surface area (Å²) < 4.78 is 13.5. The van der Waals surface area contributed by atoms with Crippen LogP contribution in [0.4, 0.5) is 10.1 Å². The standard InChI is InChI=1S/C13H19FN2O/c1-15-9-10-6-11(14)8-13(7-10)16(4-5-17)12-2-3-12/h6-8,12,15,17H,2-5,9H2,1H3. The van der Waals surface area contributed by atoms with E-state index in [-0.39, 0.29) is 12.4 Å². The van der Waals surface area contributed by atoms with Gasteiger partial charge < -0.3 is 15.3 Å². The SMILES string of the molecule is CNCc1cc(F)cc(N(CCO)C2CC2)c1. The smallest absolute Gasteiger partial charge is 0.125 e. The van der Waals surface area contributed by atoms with E-state index >= 15 is 0 Å². The Bertz CT molecular complexity index is 380. The number of benzene rings is 1. The quantitative estimate of drug-likeness (QED) is 0.788. The topological polar surface area (TPSA) is 35.5 Å². The Kier molecular flexibility index (Phi) is 3.97. The van der Waals surface area contributed by atoms with Crippen LogP contribution in [-0.4, -0.2) is 31.3 Å². The van der Waals surface area contributed by atoms with E-state index in [1.165, 1.54) is 0 Å². The Labute approximate surface area is 101 Å². The molecular formula is C13H19FN2O. The predicted octanol–water partition coefficient (Wildman–Crippen LogP) is 1.51. The molecule has 1 aliphatic carbocycles. The lowest BCUT2D eigenvalue weighted by Gasteiger charge is -2.24. The first-order valence-electron chi connectivity index (χ1n) is 6.06. The molecule has 0 atom stereocenters. The molecule has 0 amide bonds. The second-order valence-electron chi connectivity index (χ2n) is 4.50. The van der Waals surface area contributed by atoms with Crippen molar-refractivity contribution in [1.29, 1.82) is 0 Å². The molecule has 3 nitrogen and oxygen atoms in total. The van der Waals surface area contributed by atoms with Gasteiger partial charge >= 0.3 is 0 Å². The van der Waals surface area contributed by atoms with Crippen molar-refractivity contribution in [2.75, 3.05) is 25.1 Å². The van der Waals surface area contributed by atoms with Crippen molar-refractivity contribution in [2.24, 2.45) is 0 Å². The Balaban J connectivity index is 2.22. The third-order valence-corrected chi connectivity index (χ3v) is 2.98. The van der Waals surface area contributed by atoms with E-state index < -0.39 is 0 Å². The molecule has 0 unspecified atom stereocenters. The van der Waals surface area contributed by atoms with Crippen molar-refractivity contribution in [1.82, 2.24) is 5.32 Å². The van der Waals surface area contributed by atoms with Crippen LogP contribution in [0.2, 0.25) is 0 Å². The molecule has 0 bridgehead atoms. The van der Waals surface area contributed by atoms with Crippen LogP contribution in [0.3, 0.4) is 0 Å². The largest absolute Gasteiger partial charge is 0.395 e. The minimum absolute atomic E-state index is 0.106. The van der Waals surface area contributed by atoms with Crippen LogP contribution < -0.4 is 10.2 Å². The number of halogens is 1. The molecule has 0 aromatic heterocycles. The van der Waals surface area contributed by atoms with Gasteiger partial charge in [-0.15, -0.1) is 0 Å². The van der Waals surface area contributed by atoms with Gasteiger partial charge in [0.15, 0.2) is 0 Å². The fraction of sp³-hybridized carbons (Fsp3) is 0.538. The third-order valence-electron chi connectivity index (χ3n) is 2.98. The predicted molar refractivity (Wildman–Crippen MR) is 66.6 cm³/mol. The van der Waals surface area contributed by atoms with Gasteiger partial charge in [0, 0.05) is 24.8 Å². The van der Waals surface area contributed by atoms with Crippen molar-refractivity contribution in [3.63, 3.8) is 0 Å². The number of hydrogen-bond acceptors (Lipinski definition) is 3. The highest BCUT2D eigenvalue weighted by Gasteiger charge is 2.29. The highest BCUT2D eigenvalue weighted by Crippen LogP contribution is 2.32. The molecule has 2 N–H and O–H groups in total. The van der Waals surface area contributed by atoms with Gasteiger partial charge in [-0.05, 0) is 43.7 Å². The number of aliphatic hydroxyl groups is 1. The first-order valence-corrected chi connectivity index (χ1v) is 6.06. The number of nitrogens with zero attached hydrogens (tertiary/aromatic N) is 1. The summed E-state index contributed by atoms with van der Waals surface area (Å²) in [5, 5.41) is 12.1. The molecule has 94 valence electrons. The Morgan fingerprint density at radius 2 is 2.18 bits per heavy atom. The molecule has 1 fully saturated rings. The fourth-order valence-corrected chi connectivity index (χ4v) is 2.12.